The van der Waals surface area contributed by atoms with Crippen LogP contribution in [-0.2, 0) is 0 Å². The highest BCUT2D eigenvalue weighted by Gasteiger charge is 2.15. The fraction of sp³-hybridized carbons (Fsp3) is 0.588. The van der Waals surface area contributed by atoms with Crippen LogP contribution in [0.1, 0.15) is 12.8 Å². The van der Waals surface area contributed by atoms with Gasteiger partial charge in [-0.05, 0) is 43.7 Å². The zero-order chi connectivity index (χ0) is 17.2. The van der Waals surface area contributed by atoms with E-state index < -0.39 is 0 Å². The first-order valence-electron chi connectivity index (χ1n) is 8.53. The first-order valence-corrected chi connectivity index (χ1v) is 8.53. The number of nitrogens with one attached hydrogen (secondary N) is 2. The van der Waals surface area contributed by atoms with Gasteiger partial charge in [-0.1, -0.05) is 0 Å². The van der Waals surface area contributed by atoms with E-state index in [0.717, 1.165) is 52.1 Å². The number of unbranched alkanes of at least 4 members (excludes halogenated alkanes) is 1. The van der Waals surface area contributed by atoms with Crippen LogP contribution >= 0.6 is 0 Å². The standard InChI is InChI=1S/C17H27FN4O2/c18-15-3-5-16(6-4-15)20-17(24)19-7-1-2-8-21-9-11-22(12-10-21)13-14-23/h3-6,23H,1-2,7-14H2,(H2,19,20,24). The number of nitrogens with zero attached hydrogens (tertiary/aromatic N) is 2. The van der Waals surface area contributed by atoms with E-state index in [1.54, 1.807) is 0 Å². The normalized spacial score (nSPS) is 16.1. The van der Waals surface area contributed by atoms with Crippen LogP contribution in [0.15, 0.2) is 24.3 Å². The maximum atomic E-state index is 12.8. The van der Waals surface area contributed by atoms with Gasteiger partial charge in [0.25, 0.3) is 0 Å². The molecule has 1 aromatic carbocycles. The van der Waals surface area contributed by atoms with Crippen molar-refractivity contribution in [2.45, 2.75) is 12.8 Å². The molecule has 2 amide bonds. The van der Waals surface area contributed by atoms with E-state index in [-0.39, 0.29) is 18.5 Å². The maximum Gasteiger partial charge on any atom is 0.319 e. The Morgan fingerprint density at radius 1 is 1.04 bits per heavy atom. The Morgan fingerprint density at radius 3 is 2.29 bits per heavy atom. The van der Waals surface area contributed by atoms with Crippen molar-refractivity contribution in [1.29, 1.82) is 0 Å². The first-order chi connectivity index (χ1) is 11.7. The number of hydrogen-bond acceptors (Lipinski definition) is 4. The summed E-state index contributed by atoms with van der Waals surface area (Å²) in [7, 11) is 0. The summed E-state index contributed by atoms with van der Waals surface area (Å²) in [5.41, 5.74) is 0.578. The van der Waals surface area contributed by atoms with Gasteiger partial charge in [-0.15, -0.1) is 0 Å². The van der Waals surface area contributed by atoms with E-state index >= 15 is 0 Å². The van der Waals surface area contributed by atoms with Crippen molar-refractivity contribution in [2.75, 3.05) is 57.7 Å². The predicted octanol–water partition coefficient (Wildman–Crippen LogP) is 1.34. The molecule has 1 aliphatic heterocycles. The number of piperazine rings is 1. The Balaban J connectivity index is 1.50. The van der Waals surface area contributed by atoms with Gasteiger partial charge in [0.05, 0.1) is 6.61 Å². The maximum absolute atomic E-state index is 12.8. The van der Waals surface area contributed by atoms with E-state index in [0.29, 0.717) is 12.2 Å². The molecule has 1 aliphatic rings. The third-order valence-corrected chi connectivity index (χ3v) is 4.17. The van der Waals surface area contributed by atoms with Crippen LogP contribution in [0.5, 0.6) is 0 Å². The summed E-state index contributed by atoms with van der Waals surface area (Å²) >= 11 is 0. The Hall–Kier alpha value is -1.70. The second-order valence-electron chi connectivity index (χ2n) is 6.00. The number of aliphatic hydroxyl groups is 1. The van der Waals surface area contributed by atoms with Crippen molar-refractivity contribution in [3.8, 4) is 0 Å². The number of benzene rings is 1. The molecule has 6 nitrogen and oxygen atoms in total. The summed E-state index contributed by atoms with van der Waals surface area (Å²) in [6.07, 6.45) is 1.96. The lowest BCUT2D eigenvalue weighted by molar-refractivity contribution is 0.111. The summed E-state index contributed by atoms with van der Waals surface area (Å²) in [5, 5.41) is 14.4. The van der Waals surface area contributed by atoms with Crippen LogP contribution in [0, 0.1) is 5.82 Å². The molecule has 1 saturated heterocycles. The highest BCUT2D eigenvalue weighted by atomic mass is 19.1. The molecule has 7 heteroatoms. The minimum absolute atomic E-state index is 0.228. The molecule has 0 saturated carbocycles. The molecule has 0 radical (unpaired) electrons. The van der Waals surface area contributed by atoms with Crippen LogP contribution in [0.4, 0.5) is 14.9 Å². The molecule has 0 spiro atoms. The number of β-amino-alcohol motifs (C(OH)–C–C–N with tert-alkyl or cyclic N) is 1. The lowest BCUT2D eigenvalue weighted by atomic mass is 10.2. The van der Waals surface area contributed by atoms with Crippen LogP contribution in [0.25, 0.3) is 0 Å². The Morgan fingerprint density at radius 2 is 1.67 bits per heavy atom. The summed E-state index contributed by atoms with van der Waals surface area (Å²) < 4.78 is 12.8. The Kier molecular flexibility index (Phi) is 7.94. The summed E-state index contributed by atoms with van der Waals surface area (Å²) in [6.45, 7) is 6.76. The molecule has 1 fully saturated rings. The minimum atomic E-state index is -0.321. The van der Waals surface area contributed by atoms with Gasteiger partial charge < -0.3 is 20.6 Å². The summed E-state index contributed by atoms with van der Waals surface area (Å²) in [5.74, 6) is -0.321. The Bertz CT molecular complexity index is 490. The quantitative estimate of drug-likeness (QED) is 0.626. The second kappa shape index (κ2) is 10.2. The van der Waals surface area contributed by atoms with E-state index in [1.807, 2.05) is 0 Å². The molecule has 0 bridgehead atoms. The van der Waals surface area contributed by atoms with E-state index in [9.17, 15) is 9.18 Å². The average molecular weight is 338 g/mol. The average Bonchev–Trinajstić information content (AvgIpc) is 2.58. The monoisotopic (exact) mass is 338 g/mol. The van der Waals surface area contributed by atoms with Gasteiger partial charge >= 0.3 is 6.03 Å². The largest absolute Gasteiger partial charge is 0.395 e. The fourth-order valence-corrected chi connectivity index (χ4v) is 2.75. The zero-order valence-electron chi connectivity index (χ0n) is 14.0. The van der Waals surface area contributed by atoms with Gasteiger partial charge in [-0.3, -0.25) is 4.90 Å². The van der Waals surface area contributed by atoms with Crippen molar-refractivity contribution in [3.05, 3.63) is 30.1 Å². The SMILES string of the molecule is O=C(NCCCCN1CCN(CCO)CC1)Nc1ccc(F)cc1. The summed E-state index contributed by atoms with van der Waals surface area (Å²) in [4.78, 5) is 16.4. The number of carbonyl (C=O) groups is 1. The molecule has 0 aromatic heterocycles. The van der Waals surface area contributed by atoms with Gasteiger partial charge in [0.1, 0.15) is 5.82 Å². The lowest BCUT2D eigenvalue weighted by Crippen LogP contribution is -2.47. The van der Waals surface area contributed by atoms with Crippen LogP contribution in [0.3, 0.4) is 0 Å². The third-order valence-electron chi connectivity index (χ3n) is 4.17. The third kappa shape index (κ3) is 6.82. The number of carbonyl (C=O) groups excluding carboxylic acids is 1. The van der Waals surface area contributed by atoms with Crippen molar-refractivity contribution in [3.63, 3.8) is 0 Å². The van der Waals surface area contributed by atoms with Crippen LogP contribution < -0.4 is 10.6 Å². The molecular formula is C17H27FN4O2. The smallest absolute Gasteiger partial charge is 0.319 e. The molecule has 0 aliphatic carbocycles. The number of anilines is 1. The molecule has 3 N–H and O–H groups in total. The van der Waals surface area contributed by atoms with E-state index in [1.165, 1.54) is 24.3 Å². The molecule has 1 aromatic rings. The van der Waals surface area contributed by atoms with Gasteiger partial charge in [0, 0.05) is 45.0 Å². The van der Waals surface area contributed by atoms with Crippen molar-refractivity contribution < 1.29 is 14.3 Å². The van der Waals surface area contributed by atoms with Crippen molar-refractivity contribution in [2.24, 2.45) is 0 Å². The number of aliphatic hydroxyl groups excluding tert-OH is 1. The number of hydrogen-bond donors (Lipinski definition) is 3. The first kappa shape index (κ1) is 18.6. The zero-order valence-corrected chi connectivity index (χ0v) is 14.0. The van der Waals surface area contributed by atoms with Gasteiger partial charge in [-0.25, -0.2) is 9.18 Å². The van der Waals surface area contributed by atoms with Crippen molar-refractivity contribution >= 4 is 11.7 Å². The van der Waals surface area contributed by atoms with Gasteiger partial charge in [0.2, 0.25) is 0 Å². The molecule has 0 unspecified atom stereocenters. The lowest BCUT2D eigenvalue weighted by Gasteiger charge is -2.34. The molecule has 0 atom stereocenters. The molecule has 2 rings (SSSR count). The highest BCUT2D eigenvalue weighted by molar-refractivity contribution is 5.89. The topological polar surface area (TPSA) is 67.8 Å². The molecule has 24 heavy (non-hydrogen) atoms. The fourth-order valence-electron chi connectivity index (χ4n) is 2.75. The Labute approximate surface area is 142 Å². The number of urea groups is 1. The van der Waals surface area contributed by atoms with Crippen LogP contribution in [0.2, 0.25) is 0 Å². The predicted molar refractivity (Wildman–Crippen MR) is 92.6 cm³/mol. The molecule has 134 valence electrons. The number of amides is 2. The highest BCUT2D eigenvalue weighted by Crippen LogP contribution is 2.07. The minimum Gasteiger partial charge on any atom is -0.395 e. The molecule has 1 heterocycles. The molecular weight excluding hydrogens is 311 g/mol. The van der Waals surface area contributed by atoms with E-state index in [2.05, 4.69) is 20.4 Å². The number of rotatable bonds is 8. The van der Waals surface area contributed by atoms with Crippen LogP contribution in [-0.4, -0.2) is 73.4 Å². The van der Waals surface area contributed by atoms with Gasteiger partial charge in [-0.2, -0.15) is 0 Å². The second-order valence-corrected chi connectivity index (χ2v) is 6.00. The van der Waals surface area contributed by atoms with Gasteiger partial charge in [0.15, 0.2) is 0 Å². The van der Waals surface area contributed by atoms with Crippen molar-refractivity contribution in [1.82, 2.24) is 15.1 Å². The number of halogens is 1. The van der Waals surface area contributed by atoms with E-state index in [4.69, 9.17) is 5.11 Å². The summed E-state index contributed by atoms with van der Waals surface area (Å²) in [6, 6.07) is 5.43.